The Morgan fingerprint density at radius 3 is 2.45 bits per heavy atom. The molecule has 1 aromatic carbocycles. The van der Waals surface area contributed by atoms with Gasteiger partial charge in [-0.2, -0.15) is 0 Å². The lowest BCUT2D eigenvalue weighted by Crippen LogP contribution is -2.42. The van der Waals surface area contributed by atoms with Crippen molar-refractivity contribution in [2.45, 2.75) is 19.3 Å². The third kappa shape index (κ3) is 6.19. The summed E-state index contributed by atoms with van der Waals surface area (Å²) >= 11 is 5.82. The average molecular weight is 421 g/mol. The van der Waals surface area contributed by atoms with E-state index in [9.17, 15) is 4.79 Å². The Hall–Kier alpha value is -3.11. The number of rotatable bonds is 9. The molecule has 9 N–H and O–H groups in total. The topological polar surface area (TPSA) is 183 Å². The summed E-state index contributed by atoms with van der Waals surface area (Å²) in [5.41, 5.74) is 23.2. The second-order valence-corrected chi connectivity index (χ2v) is 6.57. The van der Waals surface area contributed by atoms with Crippen LogP contribution in [0, 0.1) is 5.41 Å². The first-order valence-electron chi connectivity index (χ1n) is 8.99. The highest BCUT2D eigenvalue weighted by atomic mass is 35.5. The van der Waals surface area contributed by atoms with Crippen LogP contribution in [0.4, 0.5) is 11.6 Å². The first-order chi connectivity index (χ1) is 13.8. The number of nitrogen functional groups attached to an aromatic ring is 2. The Balaban J connectivity index is 1.92. The maximum absolute atomic E-state index is 12.7. The number of halogens is 1. The molecule has 0 aliphatic carbocycles. The molecule has 0 spiro atoms. The number of benzene rings is 1. The van der Waals surface area contributed by atoms with Gasteiger partial charge in [-0.1, -0.05) is 23.7 Å². The van der Waals surface area contributed by atoms with Crippen molar-refractivity contribution in [1.29, 1.82) is 5.41 Å². The summed E-state index contributed by atoms with van der Waals surface area (Å²) in [7, 11) is 0. The van der Waals surface area contributed by atoms with Crippen molar-refractivity contribution in [3.8, 4) is 5.75 Å². The van der Waals surface area contributed by atoms with Gasteiger partial charge in [0.05, 0.1) is 0 Å². The SMILES string of the molecule is N=C(N)N(CCCCc1ccc(OCCN)cc1)C(=O)c1nc(Cl)c(N)nc1N. The minimum absolute atomic E-state index is 0.0745. The summed E-state index contributed by atoms with van der Waals surface area (Å²) in [4.78, 5) is 21.4. The van der Waals surface area contributed by atoms with Gasteiger partial charge in [0.25, 0.3) is 5.91 Å². The molecule has 0 aliphatic heterocycles. The zero-order valence-corrected chi connectivity index (χ0v) is 16.7. The lowest BCUT2D eigenvalue weighted by Gasteiger charge is -2.20. The van der Waals surface area contributed by atoms with E-state index < -0.39 is 11.9 Å². The summed E-state index contributed by atoms with van der Waals surface area (Å²) < 4.78 is 5.44. The number of nitrogens with one attached hydrogen (secondary N) is 1. The van der Waals surface area contributed by atoms with E-state index in [4.69, 9.17) is 44.7 Å². The van der Waals surface area contributed by atoms with Crippen LogP contribution < -0.4 is 27.7 Å². The van der Waals surface area contributed by atoms with Crippen molar-refractivity contribution in [3.63, 3.8) is 0 Å². The molecule has 10 nitrogen and oxygen atoms in total. The number of carbonyl (C=O) groups excluding carboxylic acids is 1. The summed E-state index contributed by atoms with van der Waals surface area (Å²) in [6, 6.07) is 7.74. The molecule has 0 fully saturated rings. The van der Waals surface area contributed by atoms with Gasteiger partial charge in [0.2, 0.25) is 0 Å². The molecule has 1 heterocycles. The molecule has 2 aromatic rings. The number of nitrogens with two attached hydrogens (primary N) is 4. The molecule has 1 aromatic heterocycles. The summed E-state index contributed by atoms with van der Waals surface area (Å²) in [6.07, 6.45) is 2.20. The number of guanidine groups is 1. The predicted molar refractivity (Wildman–Crippen MR) is 113 cm³/mol. The third-order valence-electron chi connectivity index (χ3n) is 4.05. The number of hydrogen-bond acceptors (Lipinski definition) is 8. The van der Waals surface area contributed by atoms with E-state index in [0.29, 0.717) is 19.6 Å². The fourth-order valence-corrected chi connectivity index (χ4v) is 2.71. The highest BCUT2D eigenvalue weighted by Gasteiger charge is 2.23. The molecule has 2 rings (SSSR count). The van der Waals surface area contributed by atoms with E-state index in [2.05, 4.69) is 9.97 Å². The van der Waals surface area contributed by atoms with Crippen LogP contribution in [0.2, 0.25) is 5.15 Å². The van der Waals surface area contributed by atoms with Crippen LogP contribution in [0.1, 0.15) is 28.9 Å². The number of aromatic nitrogens is 2. The summed E-state index contributed by atoms with van der Waals surface area (Å²) in [5, 5.41) is 7.56. The standard InChI is InChI=1S/C18H25ClN8O2/c19-14-16(22)26-15(21)13(25-14)17(28)27(18(23)24)9-2-1-3-11-4-6-12(7-5-11)29-10-8-20/h4-7H,1-3,8-10,20H2,(H3,23,24)(H4,21,22,26). The number of anilines is 2. The fraction of sp³-hybridized carbons (Fsp3) is 0.333. The molecule has 156 valence electrons. The Bertz CT molecular complexity index is 860. The molecule has 0 aliphatic rings. The number of unbranched alkanes of at least 4 members (excludes halogenated alkanes) is 1. The Kier molecular flexibility index (Phi) is 7.98. The molecule has 0 saturated heterocycles. The van der Waals surface area contributed by atoms with Gasteiger partial charge in [0.1, 0.15) is 12.4 Å². The molecule has 0 atom stereocenters. The molecule has 0 unspecified atom stereocenters. The van der Waals surface area contributed by atoms with E-state index in [-0.39, 0.29) is 29.0 Å². The Morgan fingerprint density at radius 2 is 1.83 bits per heavy atom. The summed E-state index contributed by atoms with van der Waals surface area (Å²) in [5.74, 6) is -0.528. The zero-order valence-electron chi connectivity index (χ0n) is 15.9. The van der Waals surface area contributed by atoms with Crippen LogP contribution >= 0.6 is 11.6 Å². The number of amides is 1. The number of hydrogen-bond donors (Lipinski definition) is 5. The van der Waals surface area contributed by atoms with E-state index in [1.54, 1.807) is 0 Å². The maximum atomic E-state index is 12.7. The minimum Gasteiger partial charge on any atom is -0.492 e. The molecular weight excluding hydrogens is 396 g/mol. The van der Waals surface area contributed by atoms with Crippen LogP contribution in [-0.4, -0.2) is 46.4 Å². The van der Waals surface area contributed by atoms with Crippen LogP contribution in [-0.2, 0) is 6.42 Å². The van der Waals surface area contributed by atoms with Crippen molar-refractivity contribution in [3.05, 3.63) is 40.7 Å². The number of carbonyl (C=O) groups is 1. The average Bonchev–Trinajstić information content (AvgIpc) is 2.69. The molecule has 0 bridgehead atoms. The van der Waals surface area contributed by atoms with Gasteiger partial charge in [0.15, 0.2) is 28.4 Å². The Labute approximate surface area is 173 Å². The zero-order chi connectivity index (χ0) is 21.4. The molecule has 0 radical (unpaired) electrons. The predicted octanol–water partition coefficient (Wildman–Crippen LogP) is 0.990. The highest BCUT2D eigenvalue weighted by Crippen LogP contribution is 2.19. The van der Waals surface area contributed by atoms with Gasteiger partial charge in [0, 0.05) is 13.1 Å². The first kappa shape index (κ1) is 22.2. The maximum Gasteiger partial charge on any atom is 0.283 e. The fourth-order valence-electron chi connectivity index (χ4n) is 2.59. The smallest absolute Gasteiger partial charge is 0.283 e. The van der Waals surface area contributed by atoms with Crippen molar-refractivity contribution < 1.29 is 9.53 Å². The Morgan fingerprint density at radius 1 is 1.14 bits per heavy atom. The van der Waals surface area contributed by atoms with Crippen molar-refractivity contribution in [2.24, 2.45) is 11.5 Å². The summed E-state index contributed by atoms with van der Waals surface area (Å²) in [6.45, 7) is 1.17. The lowest BCUT2D eigenvalue weighted by atomic mass is 10.1. The van der Waals surface area contributed by atoms with Crippen molar-refractivity contribution >= 4 is 35.1 Å². The number of aryl methyl sites for hydroxylation is 1. The molecule has 11 heteroatoms. The molecule has 29 heavy (non-hydrogen) atoms. The van der Waals surface area contributed by atoms with Crippen LogP contribution in [0.25, 0.3) is 0 Å². The van der Waals surface area contributed by atoms with E-state index in [0.717, 1.165) is 29.1 Å². The van der Waals surface area contributed by atoms with Gasteiger partial charge < -0.3 is 27.7 Å². The normalized spacial score (nSPS) is 10.6. The lowest BCUT2D eigenvalue weighted by molar-refractivity contribution is 0.0838. The molecular formula is C18H25ClN8O2. The minimum atomic E-state index is -0.647. The van der Waals surface area contributed by atoms with Gasteiger partial charge in [-0.3, -0.25) is 15.1 Å². The quantitative estimate of drug-likeness (QED) is 0.226. The number of ether oxygens (including phenoxy) is 1. The van der Waals surface area contributed by atoms with Gasteiger partial charge in [-0.05, 0) is 37.0 Å². The second kappa shape index (κ2) is 10.4. The van der Waals surface area contributed by atoms with Crippen molar-refractivity contribution in [2.75, 3.05) is 31.2 Å². The monoisotopic (exact) mass is 420 g/mol. The van der Waals surface area contributed by atoms with E-state index >= 15 is 0 Å². The van der Waals surface area contributed by atoms with Crippen molar-refractivity contribution in [1.82, 2.24) is 14.9 Å². The highest BCUT2D eigenvalue weighted by molar-refractivity contribution is 6.31. The molecule has 0 saturated carbocycles. The van der Waals surface area contributed by atoms with Gasteiger partial charge >= 0.3 is 0 Å². The van der Waals surface area contributed by atoms with E-state index in [1.807, 2.05) is 24.3 Å². The van der Waals surface area contributed by atoms with Gasteiger partial charge in [-0.25, -0.2) is 9.97 Å². The third-order valence-corrected chi connectivity index (χ3v) is 4.33. The van der Waals surface area contributed by atoms with Gasteiger partial charge in [-0.15, -0.1) is 0 Å². The second-order valence-electron chi connectivity index (χ2n) is 6.21. The van der Waals surface area contributed by atoms with Crippen LogP contribution in [0.3, 0.4) is 0 Å². The first-order valence-corrected chi connectivity index (χ1v) is 9.37. The largest absolute Gasteiger partial charge is 0.492 e. The van der Waals surface area contributed by atoms with Crippen LogP contribution in [0.5, 0.6) is 5.75 Å². The van der Waals surface area contributed by atoms with E-state index in [1.165, 1.54) is 0 Å². The molecule has 1 amide bonds. The number of nitrogens with zero attached hydrogens (tertiary/aromatic N) is 3. The van der Waals surface area contributed by atoms with Crippen LogP contribution in [0.15, 0.2) is 24.3 Å².